The number of hydrogen-bond donors (Lipinski definition) is 14. The van der Waals surface area contributed by atoms with Crippen LogP contribution in [0.1, 0.15) is 12.8 Å². The van der Waals surface area contributed by atoms with Gasteiger partial charge in [0.2, 0.25) is 0 Å². The Balaban J connectivity index is 1.76. The fourth-order valence-electron chi connectivity index (χ4n) is 5.46. The van der Waals surface area contributed by atoms with Crippen LogP contribution in [-0.4, -0.2) is 178 Å². The van der Waals surface area contributed by atoms with Crippen LogP contribution in [0.15, 0.2) is 0 Å². The second-order valence-electron chi connectivity index (χ2n) is 11.3. The van der Waals surface area contributed by atoms with Crippen LogP contribution < -0.4 is 33.6 Å². The first-order valence-electron chi connectivity index (χ1n) is 14.2. The van der Waals surface area contributed by atoms with Gasteiger partial charge in [0.25, 0.3) is 0 Å². The Morgan fingerprint density at radius 1 is 0.762 bits per heavy atom. The number of hydrogen-bond acceptors (Lipinski definition) is 18. The third kappa shape index (κ3) is 8.71. The van der Waals surface area contributed by atoms with Crippen molar-refractivity contribution >= 4 is 0 Å². The number of nitrogens with two attached hydrogens (primary N) is 4. The highest BCUT2D eigenvalue weighted by Gasteiger charge is 2.51. The SMILES string of the molecule is NC(CO)CNC[C@H]1O[C@H](OC2[C@@H](N)C[C@@H](NC(CO)CO)[C@H](O[C@H]3O[C@H](CO)[C@@H](O)[C@H](N)[C@H]3O)[C@H]2O)[C@H](N)C[C@@H]1O. The van der Waals surface area contributed by atoms with Crippen molar-refractivity contribution < 1.29 is 59.8 Å². The third-order valence-corrected chi connectivity index (χ3v) is 8.02. The Hall–Kier alpha value is -0.720. The normalized spacial score (nSPS) is 43.9. The Morgan fingerprint density at radius 2 is 1.40 bits per heavy atom. The van der Waals surface area contributed by atoms with Gasteiger partial charge in [-0.3, -0.25) is 0 Å². The lowest BCUT2D eigenvalue weighted by Crippen LogP contribution is -2.69. The average molecular weight is 615 g/mol. The van der Waals surface area contributed by atoms with Crippen molar-refractivity contribution in [1.29, 1.82) is 0 Å². The first kappa shape index (κ1) is 35.8. The average Bonchev–Trinajstić information content (AvgIpc) is 2.97. The van der Waals surface area contributed by atoms with Gasteiger partial charge in [0.15, 0.2) is 12.6 Å². The van der Waals surface area contributed by atoms with E-state index in [0.717, 1.165) is 0 Å². The van der Waals surface area contributed by atoms with E-state index in [0.29, 0.717) is 0 Å². The monoisotopic (exact) mass is 614 g/mol. The number of ether oxygens (including phenoxy) is 4. The van der Waals surface area contributed by atoms with E-state index in [-0.39, 0.29) is 32.5 Å². The molecule has 0 radical (unpaired) electrons. The van der Waals surface area contributed by atoms with Crippen molar-refractivity contribution in [3.63, 3.8) is 0 Å². The molecule has 0 spiro atoms. The number of nitrogens with one attached hydrogen (secondary N) is 2. The lowest BCUT2D eigenvalue weighted by molar-refractivity contribution is -0.316. The molecule has 0 amide bonds. The summed E-state index contributed by atoms with van der Waals surface area (Å²) in [5.41, 5.74) is 24.2. The van der Waals surface area contributed by atoms with E-state index in [1.54, 1.807) is 0 Å². The van der Waals surface area contributed by atoms with E-state index < -0.39 is 117 Å². The largest absolute Gasteiger partial charge is 0.395 e. The molecule has 3 fully saturated rings. The second kappa shape index (κ2) is 16.5. The summed E-state index contributed by atoms with van der Waals surface area (Å²) in [6.45, 7) is -1.27. The summed E-state index contributed by atoms with van der Waals surface area (Å²) in [5, 5.41) is 86.8. The molecule has 3 aliphatic rings. The fourth-order valence-corrected chi connectivity index (χ4v) is 5.46. The van der Waals surface area contributed by atoms with Crippen molar-refractivity contribution in [3.05, 3.63) is 0 Å². The summed E-state index contributed by atoms with van der Waals surface area (Å²) >= 11 is 0. The van der Waals surface area contributed by atoms with Gasteiger partial charge in [-0.1, -0.05) is 0 Å². The van der Waals surface area contributed by atoms with Crippen LogP contribution in [0, 0.1) is 0 Å². The van der Waals surface area contributed by atoms with E-state index in [1.165, 1.54) is 0 Å². The van der Waals surface area contributed by atoms with Crippen molar-refractivity contribution in [2.75, 3.05) is 39.5 Å². The van der Waals surface area contributed by atoms with Gasteiger partial charge in [-0.25, -0.2) is 0 Å². The van der Waals surface area contributed by atoms with Crippen molar-refractivity contribution in [2.45, 2.75) is 111 Å². The molecule has 248 valence electrons. The second-order valence-corrected chi connectivity index (χ2v) is 11.3. The van der Waals surface area contributed by atoms with Crippen LogP contribution in [0.5, 0.6) is 0 Å². The molecule has 18 heteroatoms. The van der Waals surface area contributed by atoms with E-state index in [1.807, 2.05) is 0 Å². The highest BCUT2D eigenvalue weighted by Crippen LogP contribution is 2.31. The minimum Gasteiger partial charge on any atom is -0.395 e. The molecule has 0 aromatic heterocycles. The van der Waals surface area contributed by atoms with Gasteiger partial charge in [-0.2, -0.15) is 0 Å². The van der Waals surface area contributed by atoms with Crippen LogP contribution in [0.25, 0.3) is 0 Å². The summed E-state index contributed by atoms with van der Waals surface area (Å²) < 4.78 is 23.5. The van der Waals surface area contributed by atoms with E-state index >= 15 is 0 Å². The van der Waals surface area contributed by atoms with Crippen LogP contribution >= 0.6 is 0 Å². The van der Waals surface area contributed by atoms with Crippen molar-refractivity contribution in [2.24, 2.45) is 22.9 Å². The van der Waals surface area contributed by atoms with E-state index in [2.05, 4.69) is 10.6 Å². The molecule has 2 saturated heterocycles. The first-order valence-corrected chi connectivity index (χ1v) is 14.2. The molecule has 2 unspecified atom stereocenters. The molecular formula is C24H50N6O12. The Kier molecular flexibility index (Phi) is 14.1. The lowest BCUT2D eigenvalue weighted by Gasteiger charge is -2.49. The zero-order chi connectivity index (χ0) is 31.1. The summed E-state index contributed by atoms with van der Waals surface area (Å²) in [4.78, 5) is 0. The zero-order valence-electron chi connectivity index (χ0n) is 23.4. The van der Waals surface area contributed by atoms with Gasteiger partial charge in [0, 0.05) is 31.2 Å². The molecule has 2 aliphatic heterocycles. The van der Waals surface area contributed by atoms with Gasteiger partial charge < -0.3 is 93.4 Å². The van der Waals surface area contributed by atoms with Gasteiger partial charge >= 0.3 is 0 Å². The van der Waals surface area contributed by atoms with Gasteiger partial charge in [0.05, 0.1) is 56.8 Å². The quantitative estimate of drug-likeness (QED) is 0.0863. The number of rotatable bonds is 14. The van der Waals surface area contributed by atoms with Crippen molar-refractivity contribution in [1.82, 2.24) is 10.6 Å². The maximum Gasteiger partial charge on any atom is 0.186 e. The number of aliphatic hydroxyl groups excluding tert-OH is 8. The van der Waals surface area contributed by atoms with Crippen LogP contribution in [0.4, 0.5) is 0 Å². The molecule has 1 aliphatic carbocycles. The molecule has 0 bridgehead atoms. The molecule has 0 aromatic carbocycles. The minimum absolute atomic E-state index is 0.0957. The third-order valence-electron chi connectivity index (χ3n) is 8.02. The smallest absolute Gasteiger partial charge is 0.186 e. The maximum absolute atomic E-state index is 11.5. The topological polar surface area (TPSA) is 327 Å². The van der Waals surface area contributed by atoms with Gasteiger partial charge in [-0.15, -0.1) is 0 Å². The fraction of sp³-hybridized carbons (Fsp3) is 1.00. The molecule has 1 saturated carbocycles. The van der Waals surface area contributed by atoms with Gasteiger partial charge in [-0.05, 0) is 12.8 Å². The molecule has 15 atom stereocenters. The lowest BCUT2D eigenvalue weighted by atomic mass is 9.83. The molecular weight excluding hydrogens is 564 g/mol. The first-order chi connectivity index (χ1) is 19.9. The van der Waals surface area contributed by atoms with Crippen LogP contribution in [0.3, 0.4) is 0 Å². The molecule has 0 aromatic rings. The highest BCUT2D eigenvalue weighted by atomic mass is 16.7. The van der Waals surface area contributed by atoms with E-state index in [4.69, 9.17) is 47.0 Å². The number of aliphatic hydroxyl groups is 8. The Bertz CT molecular complexity index is 790. The predicted octanol–water partition coefficient (Wildman–Crippen LogP) is -8.36. The molecule has 3 rings (SSSR count). The zero-order valence-corrected chi connectivity index (χ0v) is 23.4. The summed E-state index contributed by atoms with van der Waals surface area (Å²) in [6, 6.07) is -4.94. The standard InChI is InChI=1S/C24H50N6O12/c25-9(5-31)3-29-4-15-14(35)2-12(27)23(39-15)41-21-11(26)1-13(30-10(6-32)7-33)22(20(21)38)42-24-19(37)17(28)18(36)16(8-34)40-24/h9-24,29-38H,1-8,25-28H2/t9?,11-,12+,13+,14-,15+,16+,17-,18+,19+,20-,21?,22-,23+,24+/m0/s1. The Morgan fingerprint density at radius 3 is 2.02 bits per heavy atom. The van der Waals surface area contributed by atoms with Gasteiger partial charge in [0.1, 0.15) is 36.6 Å². The van der Waals surface area contributed by atoms with Crippen molar-refractivity contribution in [3.8, 4) is 0 Å². The summed E-state index contributed by atoms with van der Waals surface area (Å²) in [7, 11) is 0. The summed E-state index contributed by atoms with van der Waals surface area (Å²) in [6.07, 6.45) is -12.0. The maximum atomic E-state index is 11.5. The Labute approximate surface area is 243 Å². The molecule has 2 heterocycles. The minimum atomic E-state index is -1.54. The van der Waals surface area contributed by atoms with Crippen LogP contribution in [0.2, 0.25) is 0 Å². The summed E-state index contributed by atoms with van der Waals surface area (Å²) in [5.74, 6) is 0. The molecule has 18 nitrogen and oxygen atoms in total. The highest BCUT2D eigenvalue weighted by molar-refractivity contribution is 5.03. The van der Waals surface area contributed by atoms with E-state index in [9.17, 15) is 35.7 Å². The van der Waals surface area contributed by atoms with Crippen LogP contribution in [-0.2, 0) is 18.9 Å². The molecule has 18 N–H and O–H groups in total. The predicted molar refractivity (Wildman–Crippen MR) is 144 cm³/mol. The molecule has 42 heavy (non-hydrogen) atoms.